The largest absolute Gasteiger partial charge is 0.389 e. The zero-order chi connectivity index (χ0) is 14.6. The highest BCUT2D eigenvalue weighted by Crippen LogP contribution is 2.38. The molecule has 1 aliphatic carbocycles. The predicted molar refractivity (Wildman–Crippen MR) is 71.9 cm³/mol. The summed E-state index contributed by atoms with van der Waals surface area (Å²) < 4.78 is 36.2. The van der Waals surface area contributed by atoms with Crippen molar-refractivity contribution in [2.24, 2.45) is 0 Å². The molecule has 0 spiro atoms. The summed E-state index contributed by atoms with van der Waals surface area (Å²) in [7, 11) is 0. The Morgan fingerprint density at radius 3 is 2.40 bits per heavy atom. The third kappa shape index (κ3) is 4.86. The number of aromatic nitrogens is 2. The molecule has 2 N–H and O–H groups in total. The maximum atomic E-state index is 12.1. The summed E-state index contributed by atoms with van der Waals surface area (Å²) in [6, 6.07) is 1.74. The lowest BCUT2D eigenvalue weighted by atomic mass is 10.3. The molecule has 0 atom stereocenters. The molecule has 0 aromatic carbocycles. The number of nitrogens with one attached hydrogen (secondary N) is 2. The van der Waals surface area contributed by atoms with Crippen molar-refractivity contribution in [3.8, 4) is 0 Å². The van der Waals surface area contributed by atoms with Gasteiger partial charge in [0.1, 0.15) is 17.5 Å². The summed E-state index contributed by atoms with van der Waals surface area (Å²) in [4.78, 5) is 8.78. The minimum Gasteiger partial charge on any atom is -0.370 e. The topological polar surface area (TPSA) is 49.8 Å². The third-order valence-electron chi connectivity index (χ3n) is 2.99. The van der Waals surface area contributed by atoms with Crippen LogP contribution in [-0.2, 0) is 0 Å². The summed E-state index contributed by atoms with van der Waals surface area (Å²) in [5, 5.41) is 6.06. The molecule has 0 saturated heterocycles. The second-order valence-corrected chi connectivity index (χ2v) is 4.95. The molecule has 112 valence electrons. The summed E-state index contributed by atoms with van der Waals surface area (Å²) in [6.45, 7) is 2.97. The Bertz CT molecular complexity index is 444. The van der Waals surface area contributed by atoms with Gasteiger partial charge in [-0.05, 0) is 26.2 Å². The van der Waals surface area contributed by atoms with Crippen molar-refractivity contribution in [2.45, 2.75) is 44.7 Å². The monoisotopic (exact) mass is 288 g/mol. The second kappa shape index (κ2) is 6.28. The first kappa shape index (κ1) is 14.9. The van der Waals surface area contributed by atoms with Crippen molar-refractivity contribution in [3.63, 3.8) is 0 Å². The van der Waals surface area contributed by atoms with E-state index in [1.165, 1.54) is 0 Å². The first-order valence-corrected chi connectivity index (χ1v) is 6.91. The van der Waals surface area contributed by atoms with Gasteiger partial charge in [0, 0.05) is 31.5 Å². The van der Waals surface area contributed by atoms with Crippen LogP contribution in [0.2, 0.25) is 0 Å². The number of nitrogens with zero attached hydrogens (tertiary/aromatic N) is 2. The highest BCUT2D eigenvalue weighted by Gasteiger charge is 2.28. The second-order valence-electron chi connectivity index (χ2n) is 4.95. The molecule has 0 unspecified atom stereocenters. The van der Waals surface area contributed by atoms with E-state index in [0.717, 1.165) is 31.0 Å². The molecule has 0 radical (unpaired) electrons. The molecule has 1 aromatic rings. The summed E-state index contributed by atoms with van der Waals surface area (Å²) in [6.07, 6.45) is -2.66. The van der Waals surface area contributed by atoms with E-state index in [1.54, 1.807) is 6.07 Å². The van der Waals surface area contributed by atoms with Crippen LogP contribution < -0.4 is 10.6 Å². The Balaban J connectivity index is 1.92. The van der Waals surface area contributed by atoms with Gasteiger partial charge in [0.15, 0.2) is 0 Å². The normalized spacial score (nSPS) is 15.2. The van der Waals surface area contributed by atoms with E-state index >= 15 is 0 Å². The molecule has 20 heavy (non-hydrogen) atoms. The van der Waals surface area contributed by atoms with Gasteiger partial charge in [0.2, 0.25) is 0 Å². The van der Waals surface area contributed by atoms with Gasteiger partial charge < -0.3 is 10.6 Å². The fraction of sp³-hybridized carbons (Fsp3) is 0.692. The summed E-state index contributed by atoms with van der Waals surface area (Å²) in [5.41, 5.74) is 0. The molecule has 4 nitrogen and oxygen atoms in total. The molecule has 1 fully saturated rings. The van der Waals surface area contributed by atoms with Crippen molar-refractivity contribution >= 4 is 11.6 Å². The standard InChI is InChI=1S/C13H19F3N4/c1-2-17-10-8-11(18-7-3-6-13(14,15)16)20-12(19-10)9-4-5-9/h8-9H,2-7H2,1H3,(H2,17,18,19,20). The van der Waals surface area contributed by atoms with Crippen LogP contribution in [0.4, 0.5) is 24.8 Å². The highest BCUT2D eigenvalue weighted by atomic mass is 19.4. The molecular weight excluding hydrogens is 269 g/mol. The van der Waals surface area contributed by atoms with Crippen molar-refractivity contribution in [3.05, 3.63) is 11.9 Å². The van der Waals surface area contributed by atoms with Gasteiger partial charge in [0.05, 0.1) is 0 Å². The maximum Gasteiger partial charge on any atom is 0.389 e. The van der Waals surface area contributed by atoms with E-state index in [-0.39, 0.29) is 13.0 Å². The lowest BCUT2D eigenvalue weighted by molar-refractivity contribution is -0.134. The van der Waals surface area contributed by atoms with Crippen LogP contribution in [0.5, 0.6) is 0 Å². The molecule has 1 heterocycles. The fourth-order valence-corrected chi connectivity index (χ4v) is 1.86. The average Bonchev–Trinajstić information content (AvgIpc) is 3.18. The van der Waals surface area contributed by atoms with Gasteiger partial charge in [-0.25, -0.2) is 9.97 Å². The van der Waals surface area contributed by atoms with Gasteiger partial charge in [-0.15, -0.1) is 0 Å². The van der Waals surface area contributed by atoms with E-state index in [4.69, 9.17) is 0 Å². The molecule has 0 aliphatic heterocycles. The molecule has 0 amide bonds. The minimum atomic E-state index is -4.10. The van der Waals surface area contributed by atoms with Crippen LogP contribution in [0.3, 0.4) is 0 Å². The van der Waals surface area contributed by atoms with E-state index in [2.05, 4.69) is 20.6 Å². The Kier molecular flexibility index (Phi) is 4.67. The molecule has 1 saturated carbocycles. The number of alkyl halides is 3. The van der Waals surface area contributed by atoms with Crippen LogP contribution in [0.25, 0.3) is 0 Å². The minimum absolute atomic E-state index is 0.0444. The lowest BCUT2D eigenvalue weighted by Crippen LogP contribution is -2.12. The quantitative estimate of drug-likeness (QED) is 0.753. The van der Waals surface area contributed by atoms with Crippen LogP contribution in [0.15, 0.2) is 6.07 Å². The van der Waals surface area contributed by atoms with Gasteiger partial charge >= 0.3 is 6.18 Å². The van der Waals surface area contributed by atoms with Crippen molar-refractivity contribution < 1.29 is 13.2 Å². The molecule has 7 heteroatoms. The first-order chi connectivity index (χ1) is 9.48. The van der Waals surface area contributed by atoms with Crippen LogP contribution >= 0.6 is 0 Å². The molecular formula is C13H19F3N4. The number of anilines is 2. The van der Waals surface area contributed by atoms with E-state index in [9.17, 15) is 13.2 Å². The number of halogens is 3. The molecule has 0 bridgehead atoms. The van der Waals surface area contributed by atoms with E-state index in [0.29, 0.717) is 11.7 Å². The van der Waals surface area contributed by atoms with Crippen molar-refractivity contribution in [1.29, 1.82) is 0 Å². The average molecular weight is 288 g/mol. The lowest BCUT2D eigenvalue weighted by Gasteiger charge is -2.11. The summed E-state index contributed by atoms with van der Waals surface area (Å²) >= 11 is 0. The van der Waals surface area contributed by atoms with Gasteiger partial charge in [-0.2, -0.15) is 13.2 Å². The molecule has 1 aromatic heterocycles. The van der Waals surface area contributed by atoms with Gasteiger partial charge in [-0.3, -0.25) is 0 Å². The molecule has 2 rings (SSSR count). The fourth-order valence-electron chi connectivity index (χ4n) is 1.86. The van der Waals surface area contributed by atoms with Crippen molar-refractivity contribution in [1.82, 2.24) is 9.97 Å². The van der Waals surface area contributed by atoms with E-state index < -0.39 is 12.6 Å². The SMILES string of the molecule is CCNc1cc(NCCCC(F)(F)F)nc(C2CC2)n1. The van der Waals surface area contributed by atoms with Crippen LogP contribution in [-0.4, -0.2) is 29.2 Å². The van der Waals surface area contributed by atoms with Crippen LogP contribution in [0.1, 0.15) is 44.3 Å². The Morgan fingerprint density at radius 1 is 1.20 bits per heavy atom. The smallest absolute Gasteiger partial charge is 0.370 e. The number of hydrogen-bond donors (Lipinski definition) is 2. The Hall–Kier alpha value is -1.53. The zero-order valence-electron chi connectivity index (χ0n) is 11.4. The first-order valence-electron chi connectivity index (χ1n) is 6.91. The van der Waals surface area contributed by atoms with E-state index in [1.807, 2.05) is 6.92 Å². The third-order valence-corrected chi connectivity index (χ3v) is 2.99. The van der Waals surface area contributed by atoms with Crippen molar-refractivity contribution in [2.75, 3.05) is 23.7 Å². The Labute approximate surface area is 116 Å². The van der Waals surface area contributed by atoms with Gasteiger partial charge in [-0.1, -0.05) is 0 Å². The van der Waals surface area contributed by atoms with Gasteiger partial charge in [0.25, 0.3) is 0 Å². The Morgan fingerprint density at radius 2 is 1.85 bits per heavy atom. The highest BCUT2D eigenvalue weighted by molar-refractivity contribution is 5.48. The maximum absolute atomic E-state index is 12.1. The number of hydrogen-bond acceptors (Lipinski definition) is 4. The summed E-state index contributed by atoms with van der Waals surface area (Å²) in [5.74, 6) is 2.51. The predicted octanol–water partition coefficient (Wildman–Crippen LogP) is 3.54. The molecule has 1 aliphatic rings. The number of rotatable bonds is 7. The van der Waals surface area contributed by atoms with Crippen LogP contribution in [0, 0.1) is 0 Å². The zero-order valence-corrected chi connectivity index (χ0v) is 11.4.